The first-order valence-corrected chi connectivity index (χ1v) is 8.92. The second-order valence-corrected chi connectivity index (χ2v) is 6.43. The van der Waals surface area contributed by atoms with Crippen LogP contribution in [0.15, 0.2) is 42.5 Å². The van der Waals surface area contributed by atoms with Crippen molar-refractivity contribution in [3.05, 3.63) is 63.7 Å². The van der Waals surface area contributed by atoms with Crippen LogP contribution in [0.25, 0.3) is 0 Å². The maximum Gasteiger partial charge on any atom is 0.269 e. The molecule has 1 heterocycles. The lowest BCUT2D eigenvalue weighted by Gasteiger charge is -2.27. The van der Waals surface area contributed by atoms with Crippen molar-refractivity contribution in [2.75, 3.05) is 20.2 Å². The fraction of sp³-hybridized carbons (Fsp3) is 0.350. The number of non-ortho nitro benzene ring substituents is 1. The normalized spacial score (nSPS) is 13.9. The Morgan fingerprint density at radius 1 is 1.15 bits per heavy atom. The van der Waals surface area contributed by atoms with Crippen LogP contribution < -0.4 is 9.47 Å². The molecule has 1 fully saturated rings. The van der Waals surface area contributed by atoms with Crippen molar-refractivity contribution in [3.63, 3.8) is 0 Å². The predicted molar refractivity (Wildman–Crippen MR) is 100 cm³/mol. The fourth-order valence-corrected chi connectivity index (χ4v) is 3.13. The molecule has 1 aliphatic rings. The quantitative estimate of drug-likeness (QED) is 0.570. The molecule has 0 aromatic heterocycles. The first-order chi connectivity index (χ1) is 13.1. The molecule has 1 amide bonds. The molecule has 0 saturated carbocycles. The summed E-state index contributed by atoms with van der Waals surface area (Å²) in [4.78, 5) is 25.0. The van der Waals surface area contributed by atoms with E-state index in [2.05, 4.69) is 0 Å². The van der Waals surface area contributed by atoms with Gasteiger partial charge in [-0.15, -0.1) is 0 Å². The number of amides is 1. The molecule has 7 heteroatoms. The number of carbonyl (C=O) groups excluding carboxylic acids is 1. The topological polar surface area (TPSA) is 81.9 Å². The lowest BCUT2D eigenvalue weighted by Crippen LogP contribution is -2.35. The molecule has 0 unspecified atom stereocenters. The molecule has 0 N–H and O–H groups in total. The molecule has 7 nitrogen and oxygen atoms in total. The third-order valence-corrected chi connectivity index (χ3v) is 4.57. The average molecular weight is 370 g/mol. The second kappa shape index (κ2) is 8.53. The second-order valence-electron chi connectivity index (χ2n) is 6.43. The molecule has 1 aliphatic heterocycles. The molecular weight excluding hydrogens is 348 g/mol. The molecular formula is C20H22N2O5. The summed E-state index contributed by atoms with van der Waals surface area (Å²) in [5, 5.41) is 10.9. The summed E-state index contributed by atoms with van der Waals surface area (Å²) >= 11 is 0. The molecule has 2 aromatic rings. The van der Waals surface area contributed by atoms with Gasteiger partial charge < -0.3 is 14.4 Å². The molecule has 0 atom stereocenters. The standard InChI is InChI=1S/C20H22N2O5/c1-26-19-13-17(27-14-15-6-5-7-16(12-15)22(24)25)8-9-18(19)20(23)21-10-3-2-4-11-21/h5-9,12-13H,2-4,10-11,14H2,1H3. The Labute approximate surface area is 157 Å². The van der Waals surface area contributed by atoms with Crippen LogP contribution in [0, 0.1) is 10.1 Å². The number of piperidine rings is 1. The zero-order chi connectivity index (χ0) is 19.2. The van der Waals surface area contributed by atoms with E-state index in [-0.39, 0.29) is 18.2 Å². The average Bonchev–Trinajstić information content (AvgIpc) is 2.72. The first-order valence-electron chi connectivity index (χ1n) is 8.92. The van der Waals surface area contributed by atoms with Gasteiger partial charge in [-0.05, 0) is 37.0 Å². The van der Waals surface area contributed by atoms with E-state index >= 15 is 0 Å². The van der Waals surface area contributed by atoms with Gasteiger partial charge >= 0.3 is 0 Å². The number of nitro groups is 1. The molecule has 142 valence electrons. The molecule has 3 rings (SSSR count). The Morgan fingerprint density at radius 3 is 2.63 bits per heavy atom. The van der Waals surface area contributed by atoms with Gasteiger partial charge in [0.25, 0.3) is 11.6 Å². The van der Waals surface area contributed by atoms with E-state index in [4.69, 9.17) is 9.47 Å². The summed E-state index contributed by atoms with van der Waals surface area (Å²) in [7, 11) is 1.52. The van der Waals surface area contributed by atoms with Crippen molar-refractivity contribution < 1.29 is 19.2 Å². The molecule has 1 saturated heterocycles. The lowest BCUT2D eigenvalue weighted by atomic mass is 10.1. The van der Waals surface area contributed by atoms with Crippen LogP contribution in [0.4, 0.5) is 5.69 Å². The first kappa shape index (κ1) is 18.7. The van der Waals surface area contributed by atoms with Crippen molar-refractivity contribution in [2.45, 2.75) is 25.9 Å². The van der Waals surface area contributed by atoms with Crippen molar-refractivity contribution >= 4 is 11.6 Å². The number of nitro benzene ring substituents is 1. The highest BCUT2D eigenvalue weighted by atomic mass is 16.6. The summed E-state index contributed by atoms with van der Waals surface area (Å²) in [6, 6.07) is 11.4. The van der Waals surface area contributed by atoms with Gasteiger partial charge in [0.05, 0.1) is 17.6 Å². The van der Waals surface area contributed by atoms with E-state index in [1.807, 2.05) is 4.90 Å². The number of carbonyl (C=O) groups is 1. The highest BCUT2D eigenvalue weighted by Gasteiger charge is 2.21. The largest absolute Gasteiger partial charge is 0.496 e. The van der Waals surface area contributed by atoms with Crippen LogP contribution in [0.2, 0.25) is 0 Å². The minimum atomic E-state index is -0.437. The Hall–Kier alpha value is -3.09. The van der Waals surface area contributed by atoms with E-state index in [1.165, 1.54) is 19.2 Å². The zero-order valence-corrected chi connectivity index (χ0v) is 15.2. The fourth-order valence-electron chi connectivity index (χ4n) is 3.13. The van der Waals surface area contributed by atoms with Gasteiger partial charge in [-0.2, -0.15) is 0 Å². The lowest BCUT2D eigenvalue weighted by molar-refractivity contribution is -0.384. The van der Waals surface area contributed by atoms with E-state index in [0.29, 0.717) is 22.6 Å². The molecule has 0 aliphatic carbocycles. The number of ether oxygens (including phenoxy) is 2. The summed E-state index contributed by atoms with van der Waals surface area (Å²) < 4.78 is 11.1. The summed E-state index contributed by atoms with van der Waals surface area (Å²) in [6.07, 6.45) is 3.21. The molecule has 27 heavy (non-hydrogen) atoms. The van der Waals surface area contributed by atoms with E-state index < -0.39 is 4.92 Å². The smallest absolute Gasteiger partial charge is 0.269 e. The number of likely N-dealkylation sites (tertiary alicyclic amines) is 1. The maximum atomic E-state index is 12.7. The summed E-state index contributed by atoms with van der Waals surface area (Å²) in [6.45, 7) is 1.73. The number of benzene rings is 2. The van der Waals surface area contributed by atoms with Crippen molar-refractivity contribution in [1.82, 2.24) is 4.90 Å². The van der Waals surface area contributed by atoms with Gasteiger partial charge in [0.1, 0.15) is 18.1 Å². The number of nitrogens with zero attached hydrogens (tertiary/aromatic N) is 2. The minimum Gasteiger partial charge on any atom is -0.496 e. The summed E-state index contributed by atoms with van der Waals surface area (Å²) in [5.41, 5.74) is 1.23. The van der Waals surface area contributed by atoms with E-state index in [9.17, 15) is 14.9 Å². The number of hydrogen-bond acceptors (Lipinski definition) is 5. The molecule has 2 aromatic carbocycles. The Morgan fingerprint density at radius 2 is 1.93 bits per heavy atom. The molecule has 0 radical (unpaired) electrons. The highest BCUT2D eigenvalue weighted by molar-refractivity contribution is 5.97. The summed E-state index contributed by atoms with van der Waals surface area (Å²) in [5.74, 6) is 0.965. The Bertz CT molecular complexity index is 831. The number of rotatable bonds is 6. The molecule has 0 bridgehead atoms. The van der Waals surface area contributed by atoms with Gasteiger partial charge in [0, 0.05) is 31.3 Å². The number of hydrogen-bond donors (Lipinski definition) is 0. The SMILES string of the molecule is COc1cc(OCc2cccc([N+](=O)[O-])c2)ccc1C(=O)N1CCCCC1. The van der Waals surface area contributed by atoms with E-state index in [0.717, 1.165) is 32.4 Å². The monoisotopic (exact) mass is 370 g/mol. The van der Waals surface area contributed by atoms with Crippen LogP contribution >= 0.6 is 0 Å². The van der Waals surface area contributed by atoms with Gasteiger partial charge in [-0.25, -0.2) is 0 Å². The maximum absolute atomic E-state index is 12.7. The van der Waals surface area contributed by atoms with Crippen molar-refractivity contribution in [1.29, 1.82) is 0 Å². The van der Waals surface area contributed by atoms with Gasteiger partial charge in [0.15, 0.2) is 0 Å². The van der Waals surface area contributed by atoms with Crippen LogP contribution in [-0.2, 0) is 6.61 Å². The predicted octanol–water partition coefficient (Wildman–Crippen LogP) is 3.81. The van der Waals surface area contributed by atoms with E-state index in [1.54, 1.807) is 30.3 Å². The third-order valence-electron chi connectivity index (χ3n) is 4.57. The third kappa shape index (κ3) is 4.55. The molecule has 0 spiro atoms. The van der Waals surface area contributed by atoms with Crippen LogP contribution in [-0.4, -0.2) is 35.9 Å². The Kier molecular flexibility index (Phi) is 5.90. The van der Waals surface area contributed by atoms with Crippen LogP contribution in [0.1, 0.15) is 35.2 Å². The van der Waals surface area contributed by atoms with Crippen molar-refractivity contribution in [2.24, 2.45) is 0 Å². The van der Waals surface area contributed by atoms with Crippen LogP contribution in [0.3, 0.4) is 0 Å². The van der Waals surface area contributed by atoms with Gasteiger partial charge in [0.2, 0.25) is 0 Å². The highest BCUT2D eigenvalue weighted by Crippen LogP contribution is 2.27. The minimum absolute atomic E-state index is 0.0242. The van der Waals surface area contributed by atoms with Gasteiger partial charge in [-0.1, -0.05) is 12.1 Å². The zero-order valence-electron chi connectivity index (χ0n) is 15.2. The number of methoxy groups -OCH3 is 1. The van der Waals surface area contributed by atoms with Crippen LogP contribution in [0.5, 0.6) is 11.5 Å². The van der Waals surface area contributed by atoms with Crippen molar-refractivity contribution in [3.8, 4) is 11.5 Å². The van der Waals surface area contributed by atoms with Gasteiger partial charge in [-0.3, -0.25) is 14.9 Å². The Balaban J connectivity index is 1.71.